The van der Waals surface area contributed by atoms with Gasteiger partial charge in [-0.25, -0.2) is 9.97 Å². The summed E-state index contributed by atoms with van der Waals surface area (Å²) >= 11 is 0. The molecule has 0 spiro atoms. The number of nitro benzene ring substituents is 1. The summed E-state index contributed by atoms with van der Waals surface area (Å²) in [5.74, 6) is 1.17. The number of anilines is 1. The molecule has 1 aromatic carbocycles. The van der Waals surface area contributed by atoms with E-state index >= 15 is 0 Å². The van der Waals surface area contributed by atoms with Gasteiger partial charge in [-0.05, 0) is 25.5 Å². The molecule has 0 aliphatic carbocycles. The summed E-state index contributed by atoms with van der Waals surface area (Å²) in [5.41, 5.74) is 6.94. The Kier molecular flexibility index (Phi) is 3.28. The number of hydrogen-bond acceptors (Lipinski definition) is 6. The van der Waals surface area contributed by atoms with Crippen LogP contribution in [0.3, 0.4) is 0 Å². The van der Waals surface area contributed by atoms with Crippen molar-refractivity contribution in [3.05, 3.63) is 45.8 Å². The second-order valence-electron chi connectivity index (χ2n) is 4.00. The molecule has 0 saturated carbocycles. The Bertz CT molecular complexity index is 643. The smallest absolute Gasteiger partial charge is 0.269 e. The van der Waals surface area contributed by atoms with Gasteiger partial charge in [-0.15, -0.1) is 0 Å². The molecule has 0 bridgehead atoms. The van der Waals surface area contributed by atoms with Gasteiger partial charge in [0, 0.05) is 12.1 Å². The van der Waals surface area contributed by atoms with Gasteiger partial charge >= 0.3 is 0 Å². The standard InChI is InChI=1S/C12H12N4O3/c1-7-5-9(16(17)18)3-4-10(7)19-12-8(2)11(13)14-6-15-12/h3-6H,1-2H3,(H2,13,14,15). The summed E-state index contributed by atoms with van der Waals surface area (Å²) in [5, 5.41) is 10.6. The lowest BCUT2D eigenvalue weighted by molar-refractivity contribution is -0.384. The average Bonchev–Trinajstić information content (AvgIpc) is 2.37. The Balaban J connectivity index is 2.34. The highest BCUT2D eigenvalue weighted by molar-refractivity contribution is 5.48. The van der Waals surface area contributed by atoms with Gasteiger partial charge < -0.3 is 10.5 Å². The van der Waals surface area contributed by atoms with Crippen LogP contribution in [-0.4, -0.2) is 14.9 Å². The highest BCUT2D eigenvalue weighted by atomic mass is 16.6. The topological polar surface area (TPSA) is 104 Å². The van der Waals surface area contributed by atoms with E-state index in [1.807, 2.05) is 0 Å². The lowest BCUT2D eigenvalue weighted by Gasteiger charge is -2.10. The summed E-state index contributed by atoms with van der Waals surface area (Å²) in [7, 11) is 0. The molecule has 1 heterocycles. The average molecular weight is 260 g/mol. The monoisotopic (exact) mass is 260 g/mol. The van der Waals surface area contributed by atoms with E-state index in [-0.39, 0.29) is 5.69 Å². The van der Waals surface area contributed by atoms with Crippen molar-refractivity contribution in [2.24, 2.45) is 0 Å². The lowest BCUT2D eigenvalue weighted by atomic mass is 10.2. The maximum absolute atomic E-state index is 10.6. The van der Waals surface area contributed by atoms with Gasteiger partial charge in [-0.1, -0.05) is 0 Å². The largest absolute Gasteiger partial charge is 0.438 e. The van der Waals surface area contributed by atoms with Crippen molar-refractivity contribution >= 4 is 11.5 Å². The number of rotatable bonds is 3. The number of aromatic nitrogens is 2. The van der Waals surface area contributed by atoms with E-state index in [0.29, 0.717) is 28.6 Å². The minimum Gasteiger partial charge on any atom is -0.438 e. The number of benzene rings is 1. The van der Waals surface area contributed by atoms with Crippen LogP contribution in [0.2, 0.25) is 0 Å². The molecule has 0 radical (unpaired) electrons. The van der Waals surface area contributed by atoms with Crippen molar-refractivity contribution in [2.75, 3.05) is 5.73 Å². The molecule has 1 aromatic heterocycles. The molecule has 0 unspecified atom stereocenters. The zero-order chi connectivity index (χ0) is 14.0. The molecular formula is C12H12N4O3. The lowest BCUT2D eigenvalue weighted by Crippen LogP contribution is -2.00. The van der Waals surface area contributed by atoms with E-state index in [1.54, 1.807) is 13.8 Å². The van der Waals surface area contributed by atoms with Gasteiger partial charge in [0.15, 0.2) is 0 Å². The molecular weight excluding hydrogens is 248 g/mol. The number of aryl methyl sites for hydroxylation is 1. The quantitative estimate of drug-likeness (QED) is 0.671. The Hall–Kier alpha value is -2.70. The number of nitrogen functional groups attached to an aromatic ring is 1. The van der Waals surface area contributed by atoms with Gasteiger partial charge in [0.2, 0.25) is 5.88 Å². The first kappa shape index (κ1) is 12.7. The fraction of sp³-hybridized carbons (Fsp3) is 0.167. The molecule has 7 heteroatoms. The predicted octanol–water partition coefficient (Wildman–Crippen LogP) is 2.38. The van der Waals surface area contributed by atoms with Crippen LogP contribution >= 0.6 is 0 Å². The van der Waals surface area contributed by atoms with Crippen LogP contribution in [0.15, 0.2) is 24.5 Å². The maximum Gasteiger partial charge on any atom is 0.269 e. The van der Waals surface area contributed by atoms with Crippen molar-refractivity contribution in [3.63, 3.8) is 0 Å². The van der Waals surface area contributed by atoms with Gasteiger partial charge in [0.25, 0.3) is 5.69 Å². The van der Waals surface area contributed by atoms with Gasteiger partial charge in [0.1, 0.15) is 17.9 Å². The SMILES string of the molecule is Cc1cc([N+](=O)[O-])ccc1Oc1ncnc(N)c1C. The number of nitrogens with two attached hydrogens (primary N) is 1. The molecule has 19 heavy (non-hydrogen) atoms. The van der Waals surface area contributed by atoms with Crippen LogP contribution in [-0.2, 0) is 0 Å². The van der Waals surface area contributed by atoms with Crippen molar-refractivity contribution in [2.45, 2.75) is 13.8 Å². The van der Waals surface area contributed by atoms with E-state index < -0.39 is 4.92 Å². The number of non-ortho nitro benzene ring substituents is 1. The molecule has 7 nitrogen and oxygen atoms in total. The summed E-state index contributed by atoms with van der Waals surface area (Å²) in [6, 6.07) is 4.35. The van der Waals surface area contributed by atoms with Crippen LogP contribution in [0.5, 0.6) is 11.6 Å². The molecule has 0 aliphatic heterocycles. The van der Waals surface area contributed by atoms with Crippen LogP contribution in [0, 0.1) is 24.0 Å². The Morgan fingerprint density at radius 2 is 2.05 bits per heavy atom. The molecule has 2 aromatic rings. The van der Waals surface area contributed by atoms with Gasteiger partial charge in [-0.3, -0.25) is 10.1 Å². The van der Waals surface area contributed by atoms with Gasteiger partial charge in [-0.2, -0.15) is 0 Å². The first-order valence-electron chi connectivity index (χ1n) is 5.49. The molecule has 0 amide bonds. The van der Waals surface area contributed by atoms with Crippen LogP contribution in [0.25, 0.3) is 0 Å². The maximum atomic E-state index is 10.6. The third-order valence-corrected chi connectivity index (χ3v) is 2.65. The second-order valence-corrected chi connectivity index (χ2v) is 4.00. The predicted molar refractivity (Wildman–Crippen MR) is 69.1 cm³/mol. The summed E-state index contributed by atoms with van der Waals surface area (Å²) in [6.07, 6.45) is 1.30. The summed E-state index contributed by atoms with van der Waals surface area (Å²) in [4.78, 5) is 18.0. The first-order valence-corrected chi connectivity index (χ1v) is 5.49. The summed E-state index contributed by atoms with van der Waals surface area (Å²) < 4.78 is 5.60. The number of hydrogen-bond donors (Lipinski definition) is 1. The second kappa shape index (κ2) is 4.89. The van der Waals surface area contributed by atoms with Crippen molar-refractivity contribution < 1.29 is 9.66 Å². The molecule has 0 fully saturated rings. The minimum atomic E-state index is -0.454. The zero-order valence-electron chi connectivity index (χ0n) is 10.5. The van der Waals surface area contributed by atoms with Crippen LogP contribution in [0.4, 0.5) is 11.5 Å². The Labute approximate surface area is 109 Å². The fourth-order valence-corrected chi connectivity index (χ4v) is 1.52. The number of ether oxygens (including phenoxy) is 1. The molecule has 0 saturated heterocycles. The molecule has 0 aliphatic rings. The third kappa shape index (κ3) is 2.59. The van der Waals surface area contributed by atoms with Crippen LogP contribution < -0.4 is 10.5 Å². The van der Waals surface area contributed by atoms with Crippen molar-refractivity contribution in [3.8, 4) is 11.6 Å². The van der Waals surface area contributed by atoms with Crippen molar-refractivity contribution in [1.82, 2.24) is 9.97 Å². The molecule has 2 rings (SSSR count). The third-order valence-electron chi connectivity index (χ3n) is 2.65. The normalized spacial score (nSPS) is 10.2. The highest BCUT2D eigenvalue weighted by Crippen LogP contribution is 2.29. The van der Waals surface area contributed by atoms with Crippen LogP contribution in [0.1, 0.15) is 11.1 Å². The Morgan fingerprint density at radius 1 is 1.32 bits per heavy atom. The number of nitrogens with zero attached hydrogens (tertiary/aromatic N) is 3. The van der Waals surface area contributed by atoms with Crippen molar-refractivity contribution in [1.29, 1.82) is 0 Å². The fourth-order valence-electron chi connectivity index (χ4n) is 1.52. The molecule has 0 atom stereocenters. The highest BCUT2D eigenvalue weighted by Gasteiger charge is 2.12. The van der Waals surface area contributed by atoms with E-state index in [4.69, 9.17) is 10.5 Å². The minimum absolute atomic E-state index is 0.0174. The first-order chi connectivity index (χ1) is 8.99. The molecule has 98 valence electrons. The zero-order valence-corrected chi connectivity index (χ0v) is 10.5. The molecule has 2 N–H and O–H groups in total. The van der Waals surface area contributed by atoms with E-state index in [1.165, 1.54) is 24.5 Å². The van der Waals surface area contributed by atoms with E-state index in [2.05, 4.69) is 9.97 Å². The summed E-state index contributed by atoms with van der Waals surface area (Å²) in [6.45, 7) is 3.47. The van der Waals surface area contributed by atoms with Gasteiger partial charge in [0.05, 0.1) is 10.5 Å². The number of nitro groups is 1. The van der Waals surface area contributed by atoms with E-state index in [9.17, 15) is 10.1 Å². The Morgan fingerprint density at radius 3 is 2.68 bits per heavy atom. The van der Waals surface area contributed by atoms with E-state index in [0.717, 1.165) is 0 Å².